The molecule has 0 aliphatic rings. The Morgan fingerprint density at radius 2 is 2.00 bits per heavy atom. The Labute approximate surface area is 162 Å². The summed E-state index contributed by atoms with van der Waals surface area (Å²) in [4.78, 5) is 29.0. The summed E-state index contributed by atoms with van der Waals surface area (Å²) >= 11 is 1.45. The topological polar surface area (TPSA) is 73.2 Å². The summed E-state index contributed by atoms with van der Waals surface area (Å²) in [6.45, 7) is 0.832. The highest BCUT2D eigenvalue weighted by Crippen LogP contribution is 2.18. The van der Waals surface area contributed by atoms with E-state index < -0.39 is 0 Å². The quantitative estimate of drug-likeness (QED) is 0.452. The van der Waals surface area contributed by atoms with Crippen LogP contribution < -0.4 is 5.32 Å². The van der Waals surface area contributed by atoms with Crippen molar-refractivity contribution in [2.24, 2.45) is 0 Å². The van der Waals surface area contributed by atoms with Crippen LogP contribution in [0, 0.1) is 0 Å². The summed E-state index contributed by atoms with van der Waals surface area (Å²) in [6.07, 6.45) is 3.62. The van der Waals surface area contributed by atoms with Crippen molar-refractivity contribution >= 4 is 34.2 Å². The number of aromatic nitrogens is 2. The maximum Gasteiger partial charge on any atom is 0.325 e. The molecule has 0 saturated carbocycles. The number of unbranched alkanes of at least 4 members (excludes halogenated alkanes) is 2. The van der Waals surface area contributed by atoms with Crippen molar-refractivity contribution in [2.45, 2.75) is 32.2 Å². The SMILES string of the molecule is COC(=O)Cn1c(CCCCCNC(=O)c2cccs2)nc2ccccc21. The normalized spacial score (nSPS) is 10.9. The lowest BCUT2D eigenvalue weighted by Crippen LogP contribution is -2.23. The van der Waals surface area contributed by atoms with Gasteiger partial charge in [-0.1, -0.05) is 24.6 Å². The molecular formula is C20H23N3O3S. The average Bonchev–Trinajstić information content (AvgIpc) is 3.33. The molecule has 1 amide bonds. The number of imidazole rings is 1. The van der Waals surface area contributed by atoms with Crippen molar-refractivity contribution in [1.29, 1.82) is 0 Å². The van der Waals surface area contributed by atoms with E-state index in [0.29, 0.717) is 6.54 Å². The highest BCUT2D eigenvalue weighted by molar-refractivity contribution is 7.12. The Morgan fingerprint density at radius 1 is 1.15 bits per heavy atom. The van der Waals surface area contributed by atoms with Gasteiger partial charge in [0.1, 0.15) is 12.4 Å². The van der Waals surface area contributed by atoms with E-state index in [0.717, 1.165) is 47.4 Å². The maximum atomic E-state index is 11.9. The largest absolute Gasteiger partial charge is 0.468 e. The maximum absolute atomic E-state index is 11.9. The second kappa shape index (κ2) is 9.32. The molecule has 2 aromatic heterocycles. The second-order valence-electron chi connectivity index (χ2n) is 6.22. The van der Waals surface area contributed by atoms with Crippen LogP contribution in [0.2, 0.25) is 0 Å². The lowest BCUT2D eigenvalue weighted by molar-refractivity contribution is -0.141. The van der Waals surface area contributed by atoms with E-state index in [1.165, 1.54) is 18.4 Å². The number of esters is 1. The number of carbonyl (C=O) groups excluding carboxylic acids is 2. The fourth-order valence-corrected chi connectivity index (χ4v) is 3.61. The highest BCUT2D eigenvalue weighted by Gasteiger charge is 2.13. The summed E-state index contributed by atoms with van der Waals surface area (Å²) in [5.41, 5.74) is 1.83. The molecule has 6 nitrogen and oxygen atoms in total. The summed E-state index contributed by atoms with van der Waals surface area (Å²) in [6, 6.07) is 11.5. The van der Waals surface area contributed by atoms with Crippen LogP contribution in [0.15, 0.2) is 41.8 Å². The Bertz CT molecular complexity index is 902. The van der Waals surface area contributed by atoms with Gasteiger partial charge in [-0.25, -0.2) is 4.98 Å². The van der Waals surface area contributed by atoms with Gasteiger partial charge >= 0.3 is 5.97 Å². The number of benzene rings is 1. The van der Waals surface area contributed by atoms with Crippen molar-refractivity contribution in [1.82, 2.24) is 14.9 Å². The number of carbonyl (C=O) groups is 2. The Morgan fingerprint density at radius 3 is 2.78 bits per heavy atom. The van der Waals surface area contributed by atoms with Crippen molar-refractivity contribution in [3.05, 3.63) is 52.5 Å². The molecule has 0 aliphatic carbocycles. The van der Waals surface area contributed by atoms with Gasteiger partial charge in [0.05, 0.1) is 23.0 Å². The molecule has 0 saturated heterocycles. The first-order chi connectivity index (χ1) is 13.2. The van der Waals surface area contributed by atoms with Crippen LogP contribution in [-0.2, 0) is 22.5 Å². The van der Waals surface area contributed by atoms with Gasteiger partial charge in [0, 0.05) is 13.0 Å². The molecule has 0 unspecified atom stereocenters. The minimum atomic E-state index is -0.282. The van der Waals surface area contributed by atoms with Gasteiger partial charge in [-0.15, -0.1) is 11.3 Å². The monoisotopic (exact) mass is 385 g/mol. The molecule has 0 aliphatic heterocycles. The summed E-state index contributed by atoms with van der Waals surface area (Å²) < 4.78 is 6.74. The lowest BCUT2D eigenvalue weighted by atomic mass is 10.2. The molecule has 0 spiro atoms. The number of para-hydroxylation sites is 2. The minimum Gasteiger partial charge on any atom is -0.468 e. The first kappa shape index (κ1) is 19.1. The smallest absolute Gasteiger partial charge is 0.325 e. The van der Waals surface area contributed by atoms with Gasteiger partial charge in [0.2, 0.25) is 0 Å². The molecule has 1 aromatic carbocycles. The molecule has 3 aromatic rings. The third-order valence-electron chi connectivity index (χ3n) is 4.36. The van der Waals surface area contributed by atoms with Crippen LogP contribution in [0.5, 0.6) is 0 Å². The van der Waals surface area contributed by atoms with E-state index >= 15 is 0 Å². The molecule has 0 fully saturated rings. The minimum absolute atomic E-state index is 0.00938. The van der Waals surface area contributed by atoms with Crippen molar-refractivity contribution < 1.29 is 14.3 Å². The van der Waals surface area contributed by atoms with E-state index in [1.54, 1.807) is 0 Å². The van der Waals surface area contributed by atoms with E-state index in [-0.39, 0.29) is 18.4 Å². The summed E-state index contributed by atoms with van der Waals surface area (Å²) in [5.74, 6) is 0.602. The first-order valence-electron chi connectivity index (χ1n) is 9.01. The zero-order valence-electron chi connectivity index (χ0n) is 15.3. The van der Waals surface area contributed by atoms with Crippen molar-refractivity contribution in [3.8, 4) is 0 Å². The van der Waals surface area contributed by atoms with E-state index in [4.69, 9.17) is 4.74 Å². The van der Waals surface area contributed by atoms with Gasteiger partial charge in [0.25, 0.3) is 5.91 Å². The number of nitrogens with one attached hydrogen (secondary N) is 1. The van der Waals surface area contributed by atoms with Gasteiger partial charge in [0.15, 0.2) is 0 Å². The molecule has 27 heavy (non-hydrogen) atoms. The Hall–Kier alpha value is -2.67. The average molecular weight is 385 g/mol. The first-order valence-corrected chi connectivity index (χ1v) is 9.89. The molecule has 142 valence electrons. The number of hydrogen-bond acceptors (Lipinski definition) is 5. The van der Waals surface area contributed by atoms with Crippen LogP contribution in [0.3, 0.4) is 0 Å². The lowest BCUT2D eigenvalue weighted by Gasteiger charge is -2.08. The standard InChI is InChI=1S/C20H23N3O3S/c1-26-19(24)14-23-16-9-5-4-8-15(16)22-18(23)11-3-2-6-12-21-20(25)17-10-7-13-27-17/h4-5,7-10,13H,2-3,6,11-12,14H2,1H3,(H,21,25). The molecule has 0 radical (unpaired) electrons. The Balaban J connectivity index is 1.50. The number of fused-ring (bicyclic) bond motifs is 1. The number of ether oxygens (including phenoxy) is 1. The number of rotatable bonds is 9. The van der Waals surface area contributed by atoms with Gasteiger partial charge in [-0.3, -0.25) is 9.59 Å². The second-order valence-corrected chi connectivity index (χ2v) is 7.17. The molecule has 0 atom stereocenters. The zero-order chi connectivity index (χ0) is 19.1. The third kappa shape index (κ3) is 4.95. The van der Waals surface area contributed by atoms with Gasteiger partial charge in [-0.05, 0) is 36.4 Å². The molecule has 7 heteroatoms. The number of thiophene rings is 1. The third-order valence-corrected chi connectivity index (χ3v) is 5.22. The Kier molecular flexibility index (Phi) is 6.59. The van der Waals surface area contributed by atoms with Crippen LogP contribution >= 0.6 is 11.3 Å². The van der Waals surface area contributed by atoms with Crippen LogP contribution in [0.25, 0.3) is 11.0 Å². The zero-order valence-corrected chi connectivity index (χ0v) is 16.1. The summed E-state index contributed by atoms with van der Waals surface area (Å²) in [7, 11) is 1.39. The van der Waals surface area contributed by atoms with Crippen molar-refractivity contribution in [3.63, 3.8) is 0 Å². The number of aryl methyl sites for hydroxylation is 1. The van der Waals surface area contributed by atoms with Crippen molar-refractivity contribution in [2.75, 3.05) is 13.7 Å². The predicted octanol–water partition coefficient (Wildman–Crippen LogP) is 3.41. The molecule has 3 rings (SSSR count). The number of nitrogens with zero attached hydrogens (tertiary/aromatic N) is 2. The van der Waals surface area contributed by atoms with Crippen LogP contribution in [0.1, 0.15) is 34.8 Å². The number of hydrogen-bond donors (Lipinski definition) is 1. The van der Waals surface area contributed by atoms with E-state index in [2.05, 4.69) is 10.3 Å². The van der Waals surface area contributed by atoms with E-state index in [1.807, 2.05) is 46.3 Å². The summed E-state index contributed by atoms with van der Waals surface area (Å²) in [5, 5.41) is 4.84. The molecule has 0 bridgehead atoms. The van der Waals surface area contributed by atoms with Gasteiger partial charge < -0.3 is 14.6 Å². The van der Waals surface area contributed by atoms with E-state index in [9.17, 15) is 9.59 Å². The number of amides is 1. The fourth-order valence-electron chi connectivity index (χ4n) is 2.97. The molecule has 1 N–H and O–H groups in total. The molecule has 2 heterocycles. The van der Waals surface area contributed by atoms with Crippen LogP contribution in [-0.4, -0.2) is 35.1 Å². The number of methoxy groups -OCH3 is 1. The fraction of sp³-hybridized carbons (Fsp3) is 0.350. The van der Waals surface area contributed by atoms with Crippen LogP contribution in [0.4, 0.5) is 0 Å². The highest BCUT2D eigenvalue weighted by atomic mass is 32.1. The predicted molar refractivity (Wildman–Crippen MR) is 106 cm³/mol. The molecular weight excluding hydrogens is 362 g/mol. The van der Waals surface area contributed by atoms with Gasteiger partial charge in [-0.2, -0.15) is 0 Å².